The lowest BCUT2D eigenvalue weighted by atomic mass is 10.1. The van der Waals surface area contributed by atoms with Crippen molar-refractivity contribution in [3.05, 3.63) is 66.2 Å². The van der Waals surface area contributed by atoms with Gasteiger partial charge in [-0.2, -0.15) is 10.4 Å². The standard InChI is InChI=1S/C18H13IN4O/c19-11-16(24)21-18-15(12-20)17(13-7-3-1-4-8-13)22-23(18)14-9-5-2-6-10-14/h1-10H,11H2,(H,21,24). The topological polar surface area (TPSA) is 70.7 Å². The molecular formula is C18H13IN4O. The van der Waals surface area contributed by atoms with Crippen LogP contribution in [0, 0.1) is 11.3 Å². The summed E-state index contributed by atoms with van der Waals surface area (Å²) in [7, 11) is 0. The first kappa shape index (κ1) is 16.2. The molecule has 1 N–H and O–H groups in total. The van der Waals surface area contributed by atoms with Gasteiger partial charge in [-0.3, -0.25) is 4.79 Å². The molecule has 24 heavy (non-hydrogen) atoms. The van der Waals surface area contributed by atoms with Gasteiger partial charge in [-0.05, 0) is 12.1 Å². The Balaban J connectivity index is 2.22. The van der Waals surface area contributed by atoms with Gasteiger partial charge in [-0.25, -0.2) is 4.68 Å². The maximum Gasteiger partial charge on any atom is 0.235 e. The Hall–Kier alpha value is -2.66. The molecule has 3 rings (SSSR count). The van der Waals surface area contributed by atoms with Gasteiger partial charge < -0.3 is 5.32 Å². The minimum absolute atomic E-state index is 0.177. The third-order valence-corrected chi connectivity index (χ3v) is 4.12. The number of halogens is 1. The lowest BCUT2D eigenvalue weighted by Gasteiger charge is -2.08. The van der Waals surface area contributed by atoms with Crippen molar-refractivity contribution in [3.8, 4) is 23.0 Å². The summed E-state index contributed by atoms with van der Waals surface area (Å²) in [6, 6.07) is 21.1. The predicted octanol–water partition coefficient (Wildman–Crippen LogP) is 3.78. The lowest BCUT2D eigenvalue weighted by Crippen LogP contribution is -2.16. The number of benzene rings is 2. The Morgan fingerprint density at radius 3 is 2.33 bits per heavy atom. The number of nitrogens with zero attached hydrogens (tertiary/aromatic N) is 3. The number of nitriles is 1. The number of amides is 1. The molecule has 0 saturated carbocycles. The van der Waals surface area contributed by atoms with Crippen molar-refractivity contribution in [3.63, 3.8) is 0 Å². The van der Waals surface area contributed by atoms with Crippen molar-refractivity contribution in [2.75, 3.05) is 9.74 Å². The second-order valence-electron chi connectivity index (χ2n) is 4.98. The van der Waals surface area contributed by atoms with Gasteiger partial charge in [0.05, 0.1) is 10.1 Å². The summed E-state index contributed by atoms with van der Waals surface area (Å²) in [5.74, 6) is 0.216. The Morgan fingerprint density at radius 2 is 1.75 bits per heavy atom. The molecule has 5 nitrogen and oxygen atoms in total. The molecule has 2 aromatic carbocycles. The molecular weight excluding hydrogens is 415 g/mol. The second kappa shape index (κ2) is 7.27. The quantitative estimate of drug-likeness (QED) is 0.508. The molecule has 0 saturated heterocycles. The second-order valence-corrected chi connectivity index (χ2v) is 5.74. The Bertz CT molecular complexity index is 898. The van der Waals surface area contributed by atoms with E-state index in [0.717, 1.165) is 11.3 Å². The van der Waals surface area contributed by atoms with Gasteiger partial charge >= 0.3 is 0 Å². The van der Waals surface area contributed by atoms with Crippen LogP contribution in [-0.2, 0) is 4.79 Å². The molecule has 0 aliphatic heterocycles. The highest BCUT2D eigenvalue weighted by Crippen LogP contribution is 2.30. The largest absolute Gasteiger partial charge is 0.309 e. The number of carbonyl (C=O) groups excluding carboxylic acids is 1. The summed E-state index contributed by atoms with van der Waals surface area (Å²) in [6.07, 6.45) is 0. The van der Waals surface area contributed by atoms with E-state index in [-0.39, 0.29) is 5.91 Å². The summed E-state index contributed by atoms with van der Waals surface area (Å²) in [4.78, 5) is 11.9. The summed E-state index contributed by atoms with van der Waals surface area (Å²) < 4.78 is 1.90. The maximum absolute atomic E-state index is 11.9. The highest BCUT2D eigenvalue weighted by Gasteiger charge is 2.21. The van der Waals surface area contributed by atoms with Crippen molar-refractivity contribution in [2.45, 2.75) is 0 Å². The van der Waals surface area contributed by atoms with Crippen LogP contribution < -0.4 is 5.32 Å². The molecule has 1 heterocycles. The zero-order valence-electron chi connectivity index (χ0n) is 12.6. The van der Waals surface area contributed by atoms with Crippen molar-refractivity contribution in [1.82, 2.24) is 9.78 Å². The Morgan fingerprint density at radius 1 is 1.12 bits per heavy atom. The number of hydrogen-bond acceptors (Lipinski definition) is 3. The van der Waals surface area contributed by atoms with Crippen molar-refractivity contribution < 1.29 is 4.79 Å². The van der Waals surface area contributed by atoms with Gasteiger partial charge in [-0.15, -0.1) is 0 Å². The van der Waals surface area contributed by atoms with Crippen LogP contribution in [0.25, 0.3) is 16.9 Å². The monoisotopic (exact) mass is 428 g/mol. The molecule has 0 bridgehead atoms. The molecule has 3 aromatic rings. The van der Waals surface area contributed by atoms with E-state index in [1.165, 1.54) is 0 Å². The van der Waals surface area contributed by atoms with Crippen LogP contribution in [-0.4, -0.2) is 20.1 Å². The van der Waals surface area contributed by atoms with Crippen molar-refractivity contribution in [1.29, 1.82) is 5.26 Å². The van der Waals surface area contributed by atoms with Crippen molar-refractivity contribution >= 4 is 34.3 Å². The molecule has 0 aliphatic rings. The molecule has 118 valence electrons. The first-order chi connectivity index (χ1) is 11.7. The molecule has 0 fully saturated rings. The maximum atomic E-state index is 11.9. The van der Waals surface area contributed by atoms with E-state index in [2.05, 4.69) is 16.5 Å². The predicted molar refractivity (Wildman–Crippen MR) is 101 cm³/mol. The molecule has 0 atom stereocenters. The number of rotatable bonds is 4. The number of anilines is 1. The molecule has 0 spiro atoms. The highest BCUT2D eigenvalue weighted by molar-refractivity contribution is 14.1. The molecule has 0 aliphatic carbocycles. The number of nitrogens with one attached hydrogen (secondary N) is 1. The van der Waals surface area contributed by atoms with Gasteiger partial charge in [0.1, 0.15) is 17.3 Å². The smallest absolute Gasteiger partial charge is 0.235 e. The third-order valence-electron chi connectivity index (χ3n) is 3.42. The fourth-order valence-electron chi connectivity index (χ4n) is 2.36. The van der Waals surface area contributed by atoms with Crippen LogP contribution in [0.4, 0.5) is 5.82 Å². The van der Waals surface area contributed by atoms with E-state index in [1.807, 2.05) is 83.3 Å². The zero-order valence-corrected chi connectivity index (χ0v) is 14.8. The number of hydrogen-bond donors (Lipinski definition) is 1. The molecule has 1 aromatic heterocycles. The van der Waals surface area contributed by atoms with Gasteiger partial charge in [0.15, 0.2) is 5.82 Å². The summed E-state index contributed by atoms with van der Waals surface area (Å²) in [5, 5.41) is 17.0. The van der Waals surface area contributed by atoms with Crippen LogP contribution in [0.2, 0.25) is 0 Å². The SMILES string of the molecule is N#Cc1c(-c2ccccc2)nn(-c2ccccc2)c1NC(=O)CI. The summed E-state index contributed by atoms with van der Waals surface area (Å²) >= 11 is 1.98. The van der Waals surface area contributed by atoms with Crippen LogP contribution in [0.3, 0.4) is 0 Å². The minimum Gasteiger partial charge on any atom is -0.309 e. The van der Waals surface area contributed by atoms with Gasteiger partial charge in [0.25, 0.3) is 0 Å². The van der Waals surface area contributed by atoms with Crippen molar-refractivity contribution in [2.24, 2.45) is 0 Å². The first-order valence-electron chi connectivity index (χ1n) is 7.24. The molecule has 6 heteroatoms. The Kier molecular flexibility index (Phi) is 4.91. The fourth-order valence-corrected chi connectivity index (χ4v) is 2.55. The summed E-state index contributed by atoms with van der Waals surface area (Å²) in [5.41, 5.74) is 2.50. The van der Waals surface area contributed by atoms with Crippen LogP contribution in [0.15, 0.2) is 60.7 Å². The number of carbonyl (C=O) groups is 1. The van der Waals surface area contributed by atoms with E-state index in [9.17, 15) is 10.1 Å². The van der Waals surface area contributed by atoms with Crippen LogP contribution >= 0.6 is 22.6 Å². The van der Waals surface area contributed by atoms with Gasteiger partial charge in [0, 0.05) is 5.56 Å². The highest BCUT2D eigenvalue weighted by atomic mass is 127. The van der Waals surface area contributed by atoms with Gasteiger partial charge in [0.2, 0.25) is 5.91 Å². The lowest BCUT2D eigenvalue weighted by molar-refractivity contribution is -0.113. The average Bonchev–Trinajstić information content (AvgIpc) is 3.01. The number of alkyl halides is 1. The van der Waals surface area contributed by atoms with E-state index in [4.69, 9.17) is 0 Å². The number of para-hydroxylation sites is 1. The number of aromatic nitrogens is 2. The summed E-state index contributed by atoms with van der Waals surface area (Å²) in [6.45, 7) is 0. The van der Waals surface area contributed by atoms with Crippen LogP contribution in [0.5, 0.6) is 0 Å². The van der Waals surface area contributed by atoms with Gasteiger partial charge in [-0.1, -0.05) is 71.1 Å². The first-order valence-corrected chi connectivity index (χ1v) is 8.77. The normalized spacial score (nSPS) is 10.2. The molecule has 1 amide bonds. The molecule has 0 unspecified atom stereocenters. The van der Waals surface area contributed by atoms with E-state index in [0.29, 0.717) is 21.5 Å². The minimum atomic E-state index is -0.177. The molecule has 0 radical (unpaired) electrons. The Labute approximate surface area is 153 Å². The average molecular weight is 428 g/mol. The fraction of sp³-hybridized carbons (Fsp3) is 0.0556. The van der Waals surface area contributed by atoms with E-state index in [1.54, 1.807) is 4.68 Å². The van der Waals surface area contributed by atoms with E-state index >= 15 is 0 Å². The third kappa shape index (κ3) is 3.16. The van der Waals surface area contributed by atoms with Crippen LogP contribution in [0.1, 0.15) is 5.56 Å². The van der Waals surface area contributed by atoms with E-state index < -0.39 is 0 Å². The zero-order chi connectivity index (χ0) is 16.9.